The van der Waals surface area contributed by atoms with Gasteiger partial charge in [-0.2, -0.15) is 0 Å². The summed E-state index contributed by atoms with van der Waals surface area (Å²) in [4.78, 5) is 13.8. The number of rotatable bonds is 0. The summed E-state index contributed by atoms with van der Waals surface area (Å²) in [6.45, 7) is 0. The molecule has 2 aliphatic heterocycles. The van der Waals surface area contributed by atoms with Crippen LogP contribution in [0.1, 0.15) is 38.5 Å². The summed E-state index contributed by atoms with van der Waals surface area (Å²) in [7, 11) is 2.19. The predicted octanol–water partition coefficient (Wildman–Crippen LogP) is 1.59. The van der Waals surface area contributed by atoms with E-state index in [-0.39, 0.29) is 0 Å². The fourth-order valence-corrected chi connectivity index (χ4v) is 2.57. The Kier molecular flexibility index (Phi) is 2.18. The highest BCUT2D eigenvalue weighted by molar-refractivity contribution is 5.80. The van der Waals surface area contributed by atoms with E-state index in [2.05, 4.69) is 11.9 Å². The fraction of sp³-hybridized carbons (Fsp3) is 0.900. The first kappa shape index (κ1) is 8.24. The van der Waals surface area contributed by atoms with E-state index in [0.717, 1.165) is 12.8 Å². The molecule has 0 aliphatic carbocycles. The Morgan fingerprint density at radius 1 is 1.17 bits per heavy atom. The quantitative estimate of drug-likeness (QED) is 0.546. The van der Waals surface area contributed by atoms with Gasteiger partial charge in [-0.15, -0.1) is 0 Å². The van der Waals surface area contributed by atoms with Crippen molar-refractivity contribution in [2.24, 2.45) is 0 Å². The van der Waals surface area contributed by atoms with Crippen molar-refractivity contribution in [1.82, 2.24) is 4.90 Å². The molecule has 68 valence electrons. The molecule has 12 heavy (non-hydrogen) atoms. The Labute approximate surface area is 73.9 Å². The van der Waals surface area contributed by atoms with Crippen molar-refractivity contribution in [2.45, 2.75) is 50.6 Å². The topological polar surface area (TPSA) is 20.3 Å². The largest absolute Gasteiger partial charge is 0.300 e. The summed E-state index contributed by atoms with van der Waals surface area (Å²) in [6, 6.07) is 1.14. The average Bonchev–Trinajstić information content (AvgIpc) is 2.19. The van der Waals surface area contributed by atoms with Gasteiger partial charge < -0.3 is 0 Å². The maximum atomic E-state index is 11.3. The zero-order valence-electron chi connectivity index (χ0n) is 7.75. The van der Waals surface area contributed by atoms with Crippen LogP contribution in [0.4, 0.5) is 0 Å². The normalized spacial score (nSPS) is 37.9. The van der Waals surface area contributed by atoms with Gasteiger partial charge in [0, 0.05) is 24.9 Å². The molecule has 0 aromatic rings. The van der Waals surface area contributed by atoms with Gasteiger partial charge in [0.15, 0.2) is 0 Å². The third-order valence-electron chi connectivity index (χ3n) is 3.40. The molecule has 2 bridgehead atoms. The van der Waals surface area contributed by atoms with Crippen LogP contribution in [0.5, 0.6) is 0 Å². The summed E-state index contributed by atoms with van der Waals surface area (Å²) >= 11 is 0. The molecule has 2 nitrogen and oxygen atoms in total. The van der Waals surface area contributed by atoms with Crippen LogP contribution in [0.3, 0.4) is 0 Å². The molecule has 0 aromatic heterocycles. The molecule has 0 radical (unpaired) electrons. The first-order valence-corrected chi connectivity index (χ1v) is 5.01. The van der Waals surface area contributed by atoms with Gasteiger partial charge >= 0.3 is 0 Å². The molecule has 0 amide bonds. The van der Waals surface area contributed by atoms with Gasteiger partial charge in [-0.1, -0.05) is 12.8 Å². The van der Waals surface area contributed by atoms with E-state index in [0.29, 0.717) is 17.9 Å². The summed E-state index contributed by atoms with van der Waals surface area (Å²) in [5.41, 5.74) is 0. The number of Topliss-reactive ketones (excluding diaryl/α,β-unsaturated/α-hetero) is 1. The lowest BCUT2D eigenvalue weighted by atomic mass is 9.94. The smallest absolute Gasteiger partial charge is 0.136 e. The molecule has 2 rings (SSSR count). The third-order valence-corrected chi connectivity index (χ3v) is 3.40. The highest BCUT2D eigenvalue weighted by atomic mass is 16.1. The van der Waals surface area contributed by atoms with E-state index in [1.54, 1.807) is 0 Å². The lowest BCUT2D eigenvalue weighted by molar-refractivity contribution is -0.124. The molecule has 2 aliphatic rings. The van der Waals surface area contributed by atoms with Crippen molar-refractivity contribution in [1.29, 1.82) is 0 Å². The second-order valence-corrected chi connectivity index (χ2v) is 4.20. The molecule has 0 N–H and O–H groups in total. The van der Waals surface area contributed by atoms with Crippen LogP contribution >= 0.6 is 0 Å². The third kappa shape index (κ3) is 1.40. The highest BCUT2D eigenvalue weighted by Crippen LogP contribution is 2.29. The van der Waals surface area contributed by atoms with Gasteiger partial charge in [0.2, 0.25) is 0 Å². The number of hydrogen-bond donors (Lipinski definition) is 0. The van der Waals surface area contributed by atoms with Crippen molar-refractivity contribution in [3.05, 3.63) is 0 Å². The molecule has 2 unspecified atom stereocenters. The minimum atomic E-state index is 0.491. The van der Waals surface area contributed by atoms with Gasteiger partial charge in [0.05, 0.1) is 0 Å². The molecule has 2 heteroatoms. The molecular weight excluding hydrogens is 150 g/mol. The lowest BCUT2D eigenvalue weighted by Gasteiger charge is -2.36. The first-order chi connectivity index (χ1) is 5.77. The summed E-state index contributed by atoms with van der Waals surface area (Å²) < 4.78 is 0. The minimum Gasteiger partial charge on any atom is -0.300 e. The molecule has 2 fully saturated rings. The van der Waals surface area contributed by atoms with Crippen molar-refractivity contribution in [2.75, 3.05) is 7.05 Å². The van der Waals surface area contributed by atoms with Gasteiger partial charge in [0.1, 0.15) is 5.78 Å². The zero-order chi connectivity index (χ0) is 8.55. The van der Waals surface area contributed by atoms with Gasteiger partial charge in [-0.3, -0.25) is 9.69 Å². The molecule has 2 saturated heterocycles. The molecule has 0 aromatic carbocycles. The van der Waals surface area contributed by atoms with Crippen LogP contribution in [0.25, 0.3) is 0 Å². The van der Waals surface area contributed by atoms with Crippen LogP contribution in [0, 0.1) is 0 Å². The van der Waals surface area contributed by atoms with Gasteiger partial charge in [0.25, 0.3) is 0 Å². The zero-order valence-corrected chi connectivity index (χ0v) is 7.75. The number of ketones is 1. The molecule has 2 atom stereocenters. The van der Waals surface area contributed by atoms with E-state index in [4.69, 9.17) is 0 Å². The number of piperidine rings is 1. The van der Waals surface area contributed by atoms with E-state index in [1.165, 1.54) is 25.7 Å². The van der Waals surface area contributed by atoms with Crippen molar-refractivity contribution < 1.29 is 4.79 Å². The number of nitrogens with zero attached hydrogens (tertiary/aromatic N) is 1. The van der Waals surface area contributed by atoms with Crippen LogP contribution < -0.4 is 0 Å². The number of hydrogen-bond acceptors (Lipinski definition) is 2. The maximum absolute atomic E-state index is 11.3. The standard InChI is InChI=1S/C10H17NO/c1-11-8-4-2-3-5-9(11)7-10(12)6-8/h8-9H,2-7H2,1H3. The second kappa shape index (κ2) is 3.17. The monoisotopic (exact) mass is 167 g/mol. The number of carbonyl (C=O) groups is 1. The minimum absolute atomic E-state index is 0.491. The first-order valence-electron chi connectivity index (χ1n) is 5.01. The van der Waals surface area contributed by atoms with Crippen LogP contribution in [0.15, 0.2) is 0 Å². The van der Waals surface area contributed by atoms with Crippen molar-refractivity contribution >= 4 is 5.78 Å². The Morgan fingerprint density at radius 3 is 2.17 bits per heavy atom. The molecule has 0 saturated carbocycles. The molecule has 2 heterocycles. The Balaban J connectivity index is 2.13. The Hall–Kier alpha value is -0.370. The highest BCUT2D eigenvalue weighted by Gasteiger charge is 2.33. The average molecular weight is 167 g/mol. The van der Waals surface area contributed by atoms with E-state index in [9.17, 15) is 4.79 Å². The Morgan fingerprint density at radius 2 is 1.67 bits per heavy atom. The number of carbonyl (C=O) groups excluding carboxylic acids is 1. The van der Waals surface area contributed by atoms with Crippen molar-refractivity contribution in [3.8, 4) is 0 Å². The van der Waals surface area contributed by atoms with Crippen LogP contribution in [-0.2, 0) is 4.79 Å². The van der Waals surface area contributed by atoms with Gasteiger partial charge in [-0.25, -0.2) is 0 Å². The van der Waals surface area contributed by atoms with Crippen LogP contribution in [0.2, 0.25) is 0 Å². The summed E-state index contributed by atoms with van der Waals surface area (Å²) in [5, 5.41) is 0. The maximum Gasteiger partial charge on any atom is 0.136 e. The van der Waals surface area contributed by atoms with E-state index < -0.39 is 0 Å². The number of fused-ring (bicyclic) bond motifs is 2. The Bertz CT molecular complexity index is 172. The predicted molar refractivity (Wildman–Crippen MR) is 48.0 cm³/mol. The molecular formula is C10H17NO. The van der Waals surface area contributed by atoms with Gasteiger partial charge in [-0.05, 0) is 19.9 Å². The lowest BCUT2D eigenvalue weighted by Crippen LogP contribution is -2.45. The van der Waals surface area contributed by atoms with Crippen molar-refractivity contribution in [3.63, 3.8) is 0 Å². The fourth-order valence-electron chi connectivity index (χ4n) is 2.57. The van der Waals surface area contributed by atoms with Crippen LogP contribution in [-0.4, -0.2) is 29.8 Å². The SMILES string of the molecule is CN1C2CCCCC1CC(=O)C2. The summed E-state index contributed by atoms with van der Waals surface area (Å²) in [5.74, 6) is 0.491. The summed E-state index contributed by atoms with van der Waals surface area (Å²) in [6.07, 6.45) is 6.73. The molecule has 0 spiro atoms. The van der Waals surface area contributed by atoms with E-state index in [1.807, 2.05) is 0 Å². The van der Waals surface area contributed by atoms with E-state index >= 15 is 0 Å². The second-order valence-electron chi connectivity index (χ2n) is 4.20.